The summed E-state index contributed by atoms with van der Waals surface area (Å²) in [7, 11) is 0. The molecule has 0 aliphatic heterocycles. The highest BCUT2D eigenvalue weighted by atomic mass is 35.5. The number of rotatable bonds is 3. The Morgan fingerprint density at radius 3 is 2.83 bits per heavy atom. The van der Waals surface area contributed by atoms with Gasteiger partial charge in [0, 0.05) is 0 Å². The van der Waals surface area contributed by atoms with Gasteiger partial charge in [-0.25, -0.2) is 4.39 Å². The van der Waals surface area contributed by atoms with E-state index in [1.165, 1.54) is 12.4 Å². The molecular weight excluding hydrogens is 265 g/mol. The molecule has 1 aromatic heterocycles. The van der Waals surface area contributed by atoms with E-state index in [2.05, 4.69) is 9.97 Å². The first kappa shape index (κ1) is 12.2. The van der Waals surface area contributed by atoms with Crippen LogP contribution >= 0.6 is 11.6 Å². The summed E-state index contributed by atoms with van der Waals surface area (Å²) >= 11 is 5.59. The van der Waals surface area contributed by atoms with Crippen molar-refractivity contribution in [2.24, 2.45) is 0 Å². The van der Waals surface area contributed by atoms with Crippen LogP contribution in [-0.2, 0) is 0 Å². The lowest BCUT2D eigenvalue weighted by molar-refractivity contribution is -0.385. The minimum absolute atomic E-state index is 0.0165. The lowest BCUT2D eigenvalue weighted by Gasteiger charge is -2.04. The van der Waals surface area contributed by atoms with Crippen LogP contribution in [0.5, 0.6) is 11.6 Å². The molecule has 0 spiro atoms. The monoisotopic (exact) mass is 269 g/mol. The van der Waals surface area contributed by atoms with E-state index in [0.29, 0.717) is 0 Å². The first-order valence-corrected chi connectivity index (χ1v) is 5.03. The van der Waals surface area contributed by atoms with E-state index in [1.54, 1.807) is 0 Å². The van der Waals surface area contributed by atoms with Crippen molar-refractivity contribution in [3.63, 3.8) is 0 Å². The minimum atomic E-state index is -0.754. The summed E-state index contributed by atoms with van der Waals surface area (Å²) < 4.78 is 18.0. The van der Waals surface area contributed by atoms with Gasteiger partial charge in [-0.3, -0.25) is 15.1 Å². The predicted molar refractivity (Wildman–Crippen MR) is 60.2 cm³/mol. The fraction of sp³-hybridized carbons (Fsp3) is 0. The number of hydrogen-bond acceptors (Lipinski definition) is 5. The normalized spacial score (nSPS) is 10.1. The molecule has 0 N–H and O–H groups in total. The smallest absolute Gasteiger partial charge is 0.314 e. The van der Waals surface area contributed by atoms with Crippen LogP contribution in [-0.4, -0.2) is 14.9 Å². The molecule has 0 saturated carbocycles. The molecule has 0 radical (unpaired) electrons. The molecule has 1 heterocycles. The van der Waals surface area contributed by atoms with Gasteiger partial charge in [0.2, 0.25) is 11.6 Å². The van der Waals surface area contributed by atoms with Crippen molar-refractivity contribution >= 4 is 17.3 Å². The molecule has 1 aromatic carbocycles. The third-order valence-corrected chi connectivity index (χ3v) is 2.10. The summed E-state index contributed by atoms with van der Waals surface area (Å²) in [5, 5.41) is 10.8. The molecule has 0 aliphatic carbocycles. The molecule has 0 atom stereocenters. The van der Waals surface area contributed by atoms with Crippen molar-refractivity contribution in [1.29, 1.82) is 0 Å². The number of nitro benzene ring substituents is 1. The van der Waals surface area contributed by atoms with Crippen molar-refractivity contribution in [2.75, 3.05) is 0 Å². The van der Waals surface area contributed by atoms with Gasteiger partial charge in [0.1, 0.15) is 5.82 Å². The van der Waals surface area contributed by atoms with E-state index in [0.717, 1.165) is 18.2 Å². The number of hydrogen-bond donors (Lipinski definition) is 0. The van der Waals surface area contributed by atoms with Gasteiger partial charge in [-0.2, -0.15) is 4.98 Å². The highest BCUT2D eigenvalue weighted by Gasteiger charge is 2.17. The van der Waals surface area contributed by atoms with E-state index < -0.39 is 16.4 Å². The lowest BCUT2D eigenvalue weighted by atomic mass is 10.3. The molecule has 6 nitrogen and oxygen atoms in total. The van der Waals surface area contributed by atoms with Gasteiger partial charge in [0.05, 0.1) is 23.4 Å². The summed E-state index contributed by atoms with van der Waals surface area (Å²) in [5.74, 6) is -0.888. The molecule has 2 rings (SSSR count). The summed E-state index contributed by atoms with van der Waals surface area (Å²) in [5.41, 5.74) is -0.503. The largest absolute Gasteiger partial charge is 0.430 e. The Morgan fingerprint density at radius 1 is 1.39 bits per heavy atom. The summed E-state index contributed by atoms with van der Waals surface area (Å²) in [6, 6.07) is 2.93. The Morgan fingerprint density at radius 2 is 2.17 bits per heavy atom. The molecule has 0 bridgehead atoms. The van der Waals surface area contributed by atoms with Gasteiger partial charge in [-0.1, -0.05) is 11.6 Å². The average Bonchev–Trinajstić information content (AvgIpc) is 2.31. The van der Waals surface area contributed by atoms with Gasteiger partial charge < -0.3 is 4.74 Å². The van der Waals surface area contributed by atoms with E-state index >= 15 is 0 Å². The standard InChI is InChI=1S/C10H5ClFN3O3/c11-9-4-13-5-10(14-9)18-8-2-1-6(12)3-7(8)15(16)17/h1-5H. The van der Waals surface area contributed by atoms with Gasteiger partial charge in [0.15, 0.2) is 5.15 Å². The Bertz CT molecular complexity index is 609. The number of nitro groups is 1. The first-order chi connectivity index (χ1) is 8.56. The quantitative estimate of drug-likeness (QED) is 0.632. The maximum Gasteiger partial charge on any atom is 0.314 e. The van der Waals surface area contributed by atoms with E-state index in [4.69, 9.17) is 16.3 Å². The zero-order valence-corrected chi connectivity index (χ0v) is 9.46. The molecule has 8 heteroatoms. The van der Waals surface area contributed by atoms with Crippen LogP contribution < -0.4 is 4.74 Å². The SMILES string of the molecule is O=[N+]([O-])c1cc(F)ccc1Oc1cncc(Cl)n1. The van der Waals surface area contributed by atoms with E-state index in [9.17, 15) is 14.5 Å². The van der Waals surface area contributed by atoms with Gasteiger partial charge in [-0.15, -0.1) is 0 Å². The van der Waals surface area contributed by atoms with Crippen molar-refractivity contribution in [3.8, 4) is 11.6 Å². The van der Waals surface area contributed by atoms with Gasteiger partial charge >= 0.3 is 5.69 Å². The van der Waals surface area contributed by atoms with Crippen molar-refractivity contribution in [2.45, 2.75) is 0 Å². The summed E-state index contributed by atoms with van der Waals surface area (Å²) in [6.45, 7) is 0. The average molecular weight is 270 g/mol. The zero-order valence-electron chi connectivity index (χ0n) is 8.71. The summed E-state index contributed by atoms with van der Waals surface area (Å²) in [4.78, 5) is 17.4. The zero-order chi connectivity index (χ0) is 13.1. The second kappa shape index (κ2) is 4.92. The molecule has 0 fully saturated rings. The highest BCUT2D eigenvalue weighted by molar-refractivity contribution is 6.29. The number of halogens is 2. The highest BCUT2D eigenvalue weighted by Crippen LogP contribution is 2.30. The van der Waals surface area contributed by atoms with E-state index in [-0.39, 0.29) is 16.8 Å². The second-order valence-electron chi connectivity index (χ2n) is 3.15. The molecule has 18 heavy (non-hydrogen) atoms. The number of nitrogens with zero attached hydrogens (tertiary/aromatic N) is 3. The number of aromatic nitrogens is 2. The van der Waals surface area contributed by atoms with Crippen molar-refractivity contribution in [3.05, 3.63) is 51.7 Å². The summed E-state index contributed by atoms with van der Waals surface area (Å²) in [6.07, 6.45) is 2.52. The molecule has 92 valence electrons. The minimum Gasteiger partial charge on any atom is -0.430 e. The Hall–Kier alpha value is -2.28. The van der Waals surface area contributed by atoms with Crippen molar-refractivity contribution in [1.82, 2.24) is 9.97 Å². The molecule has 0 saturated heterocycles. The Labute approximate surface area is 105 Å². The Balaban J connectivity index is 2.37. The van der Waals surface area contributed by atoms with Gasteiger partial charge in [-0.05, 0) is 12.1 Å². The molecular formula is C10H5ClFN3O3. The molecule has 2 aromatic rings. The van der Waals surface area contributed by atoms with Crippen molar-refractivity contribution < 1.29 is 14.1 Å². The molecule has 0 amide bonds. The lowest BCUT2D eigenvalue weighted by Crippen LogP contribution is -1.96. The number of benzene rings is 1. The van der Waals surface area contributed by atoms with Crippen LogP contribution in [0.1, 0.15) is 0 Å². The van der Waals surface area contributed by atoms with Gasteiger partial charge in [0.25, 0.3) is 0 Å². The van der Waals surface area contributed by atoms with E-state index in [1.807, 2.05) is 0 Å². The fourth-order valence-electron chi connectivity index (χ4n) is 1.21. The predicted octanol–water partition coefficient (Wildman–Crippen LogP) is 2.97. The maximum absolute atomic E-state index is 12.9. The fourth-order valence-corrected chi connectivity index (χ4v) is 1.35. The van der Waals surface area contributed by atoms with Crippen LogP contribution in [0.3, 0.4) is 0 Å². The second-order valence-corrected chi connectivity index (χ2v) is 3.54. The van der Waals surface area contributed by atoms with Crippen LogP contribution in [0.15, 0.2) is 30.6 Å². The van der Waals surface area contributed by atoms with Crippen LogP contribution in [0.2, 0.25) is 5.15 Å². The maximum atomic E-state index is 12.9. The van der Waals surface area contributed by atoms with Crippen LogP contribution in [0, 0.1) is 15.9 Å². The van der Waals surface area contributed by atoms with Crippen LogP contribution in [0.4, 0.5) is 10.1 Å². The third kappa shape index (κ3) is 2.69. The topological polar surface area (TPSA) is 78.2 Å². The van der Waals surface area contributed by atoms with Crippen LogP contribution in [0.25, 0.3) is 0 Å². The molecule has 0 unspecified atom stereocenters. The molecule has 0 aliphatic rings. The third-order valence-electron chi connectivity index (χ3n) is 1.92. The first-order valence-electron chi connectivity index (χ1n) is 4.65. The number of ether oxygens (including phenoxy) is 1. The Kier molecular flexibility index (Phi) is 3.33.